The average molecular weight is 501 g/mol. The SMILES string of the molecule is COc1ccc(-n2c(=O)[nH]c3cc(C(=O)NC(C)(C)c4ccc(Cl)cc4)sc3c2=O)nc1OC. The summed E-state index contributed by atoms with van der Waals surface area (Å²) in [7, 11) is 2.86. The van der Waals surface area contributed by atoms with Crippen molar-refractivity contribution in [3.8, 4) is 17.4 Å². The van der Waals surface area contributed by atoms with E-state index in [1.165, 1.54) is 26.4 Å². The maximum absolute atomic E-state index is 13.2. The maximum atomic E-state index is 13.2. The van der Waals surface area contributed by atoms with Gasteiger partial charge in [-0.25, -0.2) is 9.36 Å². The van der Waals surface area contributed by atoms with Gasteiger partial charge in [-0.05, 0) is 49.7 Å². The highest BCUT2D eigenvalue weighted by atomic mass is 35.5. The number of rotatable bonds is 6. The minimum atomic E-state index is -0.699. The van der Waals surface area contributed by atoms with Crippen molar-refractivity contribution in [2.75, 3.05) is 14.2 Å². The number of benzene rings is 1. The summed E-state index contributed by atoms with van der Waals surface area (Å²) >= 11 is 6.95. The van der Waals surface area contributed by atoms with Gasteiger partial charge in [0.15, 0.2) is 5.75 Å². The molecule has 34 heavy (non-hydrogen) atoms. The van der Waals surface area contributed by atoms with Crippen molar-refractivity contribution in [3.05, 3.63) is 78.8 Å². The average Bonchev–Trinajstić information content (AvgIpc) is 3.23. The molecule has 4 rings (SSSR count). The molecule has 0 saturated heterocycles. The van der Waals surface area contributed by atoms with Crippen LogP contribution in [0.3, 0.4) is 0 Å². The van der Waals surface area contributed by atoms with E-state index in [0.29, 0.717) is 10.8 Å². The van der Waals surface area contributed by atoms with Gasteiger partial charge < -0.3 is 19.8 Å². The minimum Gasteiger partial charge on any atom is -0.491 e. The van der Waals surface area contributed by atoms with Gasteiger partial charge >= 0.3 is 5.69 Å². The van der Waals surface area contributed by atoms with Gasteiger partial charge in [0.05, 0.1) is 30.2 Å². The fourth-order valence-corrected chi connectivity index (χ4v) is 4.52. The second kappa shape index (κ2) is 8.96. The molecular formula is C23H21ClN4O5S. The van der Waals surface area contributed by atoms with Crippen LogP contribution in [0.4, 0.5) is 0 Å². The van der Waals surface area contributed by atoms with Gasteiger partial charge in [0.1, 0.15) is 10.5 Å². The van der Waals surface area contributed by atoms with E-state index >= 15 is 0 Å². The van der Waals surface area contributed by atoms with Gasteiger partial charge in [-0.15, -0.1) is 11.3 Å². The number of carbonyl (C=O) groups excluding carboxylic acids is 1. The predicted octanol–water partition coefficient (Wildman–Crippen LogP) is 3.47. The minimum absolute atomic E-state index is 0.0640. The number of aromatic amines is 1. The number of thiophene rings is 1. The Morgan fingerprint density at radius 1 is 1.12 bits per heavy atom. The lowest BCUT2D eigenvalue weighted by Crippen LogP contribution is -2.40. The van der Waals surface area contributed by atoms with Gasteiger partial charge in [-0.3, -0.25) is 9.59 Å². The molecule has 0 aliphatic heterocycles. The molecule has 4 aromatic rings. The molecule has 3 heterocycles. The molecule has 2 N–H and O–H groups in total. The second-order valence-electron chi connectivity index (χ2n) is 7.89. The number of nitrogens with zero attached hydrogens (tertiary/aromatic N) is 2. The molecule has 0 radical (unpaired) electrons. The molecule has 0 bridgehead atoms. The number of carbonyl (C=O) groups is 1. The first kappa shape index (κ1) is 23.5. The Morgan fingerprint density at radius 3 is 2.47 bits per heavy atom. The van der Waals surface area contributed by atoms with Gasteiger partial charge in [0.2, 0.25) is 0 Å². The first-order valence-corrected chi connectivity index (χ1v) is 11.3. The number of hydrogen-bond acceptors (Lipinski definition) is 7. The largest absolute Gasteiger partial charge is 0.491 e. The van der Waals surface area contributed by atoms with Crippen molar-refractivity contribution in [2.45, 2.75) is 19.4 Å². The molecule has 9 nitrogen and oxygen atoms in total. The Balaban J connectivity index is 1.72. The molecule has 0 saturated carbocycles. The number of pyridine rings is 1. The lowest BCUT2D eigenvalue weighted by molar-refractivity contribution is 0.0916. The van der Waals surface area contributed by atoms with Crippen LogP contribution in [-0.2, 0) is 5.54 Å². The predicted molar refractivity (Wildman–Crippen MR) is 131 cm³/mol. The fraction of sp³-hybridized carbons (Fsp3) is 0.217. The monoisotopic (exact) mass is 500 g/mol. The highest BCUT2D eigenvalue weighted by molar-refractivity contribution is 7.20. The Labute approximate surface area is 202 Å². The van der Waals surface area contributed by atoms with Crippen molar-refractivity contribution < 1.29 is 14.3 Å². The Kier molecular flexibility index (Phi) is 6.20. The summed E-state index contributed by atoms with van der Waals surface area (Å²) in [5.41, 5.74) is -0.856. The van der Waals surface area contributed by atoms with E-state index in [-0.39, 0.29) is 32.7 Å². The number of H-pyrrole nitrogens is 1. The third-order valence-corrected chi connectivity index (χ3v) is 6.62. The standard InChI is InChI=1S/C23H21ClN4O5S/c1-23(2,12-5-7-13(24)8-6-12)27-19(29)16-11-14-18(34-16)21(30)28(22(31)25-14)17-10-9-15(32-3)20(26-17)33-4/h5-11H,1-4H3,(H,25,31)(H,27,29). The number of ether oxygens (including phenoxy) is 2. The van der Waals surface area contributed by atoms with E-state index < -0.39 is 16.8 Å². The van der Waals surface area contributed by atoms with E-state index in [1.807, 2.05) is 26.0 Å². The number of hydrogen-bond donors (Lipinski definition) is 2. The number of halogens is 1. The van der Waals surface area contributed by atoms with Crippen LogP contribution in [0, 0.1) is 0 Å². The lowest BCUT2D eigenvalue weighted by Gasteiger charge is -2.26. The highest BCUT2D eigenvalue weighted by Gasteiger charge is 2.25. The summed E-state index contributed by atoms with van der Waals surface area (Å²) in [4.78, 5) is 46.0. The van der Waals surface area contributed by atoms with Crippen molar-refractivity contribution in [2.24, 2.45) is 0 Å². The quantitative estimate of drug-likeness (QED) is 0.419. The summed E-state index contributed by atoms with van der Waals surface area (Å²) < 4.78 is 11.4. The van der Waals surface area contributed by atoms with E-state index in [1.54, 1.807) is 18.2 Å². The molecule has 0 fully saturated rings. The van der Waals surface area contributed by atoms with E-state index in [0.717, 1.165) is 21.5 Å². The first-order valence-electron chi connectivity index (χ1n) is 10.1. The van der Waals surface area contributed by atoms with Gasteiger partial charge in [-0.1, -0.05) is 23.7 Å². The molecule has 176 valence electrons. The van der Waals surface area contributed by atoms with Crippen LogP contribution in [-0.4, -0.2) is 34.7 Å². The van der Waals surface area contributed by atoms with Crippen LogP contribution in [0.1, 0.15) is 29.1 Å². The van der Waals surface area contributed by atoms with Gasteiger partial charge in [-0.2, -0.15) is 4.98 Å². The maximum Gasteiger partial charge on any atom is 0.334 e. The second-order valence-corrected chi connectivity index (χ2v) is 9.38. The smallest absolute Gasteiger partial charge is 0.334 e. The fourth-order valence-electron chi connectivity index (χ4n) is 3.46. The van der Waals surface area contributed by atoms with Crippen LogP contribution < -0.4 is 26.0 Å². The molecule has 1 amide bonds. The number of nitrogens with one attached hydrogen (secondary N) is 2. The zero-order valence-corrected chi connectivity index (χ0v) is 20.3. The van der Waals surface area contributed by atoms with Crippen LogP contribution >= 0.6 is 22.9 Å². The highest BCUT2D eigenvalue weighted by Crippen LogP contribution is 2.27. The van der Waals surface area contributed by atoms with E-state index in [2.05, 4.69) is 15.3 Å². The number of aromatic nitrogens is 3. The topological polar surface area (TPSA) is 115 Å². The zero-order valence-electron chi connectivity index (χ0n) is 18.8. The number of fused-ring (bicyclic) bond motifs is 1. The van der Waals surface area contributed by atoms with Crippen molar-refractivity contribution in [1.82, 2.24) is 19.9 Å². The zero-order chi connectivity index (χ0) is 24.6. The Bertz CT molecular complexity index is 1500. The summed E-state index contributed by atoms with van der Waals surface area (Å²) in [6, 6.07) is 11.7. The normalized spacial score (nSPS) is 11.4. The Morgan fingerprint density at radius 2 is 1.82 bits per heavy atom. The van der Waals surface area contributed by atoms with Crippen LogP contribution in [0.15, 0.2) is 52.1 Å². The lowest BCUT2D eigenvalue weighted by atomic mass is 9.94. The summed E-state index contributed by atoms with van der Waals surface area (Å²) in [6.07, 6.45) is 0. The van der Waals surface area contributed by atoms with Crippen molar-refractivity contribution in [3.63, 3.8) is 0 Å². The first-order chi connectivity index (χ1) is 16.1. The van der Waals surface area contributed by atoms with Crippen molar-refractivity contribution in [1.29, 1.82) is 0 Å². The van der Waals surface area contributed by atoms with Crippen LogP contribution in [0.25, 0.3) is 16.0 Å². The number of amides is 1. The van der Waals surface area contributed by atoms with Gasteiger partial charge in [0, 0.05) is 5.02 Å². The summed E-state index contributed by atoms with van der Waals surface area (Å²) in [6.45, 7) is 3.72. The van der Waals surface area contributed by atoms with Crippen LogP contribution in [0.5, 0.6) is 11.6 Å². The molecule has 0 spiro atoms. The third-order valence-electron chi connectivity index (χ3n) is 5.24. The van der Waals surface area contributed by atoms with Crippen molar-refractivity contribution >= 4 is 39.1 Å². The van der Waals surface area contributed by atoms with E-state index in [9.17, 15) is 14.4 Å². The summed E-state index contributed by atoms with van der Waals surface area (Å²) in [5, 5.41) is 3.56. The third kappa shape index (κ3) is 4.29. The molecular weight excluding hydrogens is 480 g/mol. The molecule has 0 aliphatic carbocycles. The number of methoxy groups -OCH3 is 2. The van der Waals surface area contributed by atoms with E-state index in [4.69, 9.17) is 21.1 Å². The Hall–Kier alpha value is -3.63. The molecule has 0 aliphatic rings. The molecule has 11 heteroatoms. The van der Waals surface area contributed by atoms with Crippen LogP contribution in [0.2, 0.25) is 5.02 Å². The molecule has 0 atom stereocenters. The molecule has 3 aromatic heterocycles. The molecule has 0 unspecified atom stereocenters. The van der Waals surface area contributed by atoms with Gasteiger partial charge in [0.25, 0.3) is 17.3 Å². The molecule has 1 aromatic carbocycles. The summed E-state index contributed by atoms with van der Waals surface area (Å²) in [5.74, 6) is 0.170.